The number of rotatable bonds is 2. The third-order valence-corrected chi connectivity index (χ3v) is 4.77. The van der Waals surface area contributed by atoms with Crippen LogP contribution in [0.2, 0.25) is 0 Å². The second kappa shape index (κ2) is 4.79. The summed E-state index contributed by atoms with van der Waals surface area (Å²) in [6, 6.07) is 17.7. The SMILES string of the molecule is Cc1cccc([I-]c2cccc(C)c2)c1. The van der Waals surface area contributed by atoms with Crippen molar-refractivity contribution in [1.29, 1.82) is 0 Å². The predicted molar refractivity (Wildman–Crippen MR) is 59.8 cm³/mol. The molecular weight excluding hydrogens is 295 g/mol. The maximum atomic E-state index is 2.30. The second-order valence-electron chi connectivity index (χ2n) is 3.69. The van der Waals surface area contributed by atoms with Crippen LogP contribution < -0.4 is 21.2 Å². The van der Waals surface area contributed by atoms with Crippen molar-refractivity contribution in [3.8, 4) is 0 Å². The van der Waals surface area contributed by atoms with Gasteiger partial charge in [-0.15, -0.1) is 0 Å². The van der Waals surface area contributed by atoms with Gasteiger partial charge < -0.3 is 0 Å². The molecule has 15 heavy (non-hydrogen) atoms. The predicted octanol–water partition coefficient (Wildman–Crippen LogP) is 0.432. The Kier molecular flexibility index (Phi) is 3.41. The summed E-state index contributed by atoms with van der Waals surface area (Å²) < 4.78 is 3.00. The molecule has 1 heteroatoms. The van der Waals surface area contributed by atoms with Crippen LogP contribution in [0.5, 0.6) is 0 Å². The molecule has 0 saturated heterocycles. The Hall–Kier alpha value is -0.830. The van der Waals surface area contributed by atoms with Crippen molar-refractivity contribution >= 4 is 0 Å². The quantitative estimate of drug-likeness (QED) is 0.706. The van der Waals surface area contributed by atoms with E-state index in [0.717, 1.165) is 0 Å². The molecule has 0 bridgehead atoms. The van der Waals surface area contributed by atoms with E-state index in [1.165, 1.54) is 18.3 Å². The molecular formula is C14H14I-. The summed E-state index contributed by atoms with van der Waals surface area (Å²) in [5, 5.41) is 0. The van der Waals surface area contributed by atoms with Gasteiger partial charge in [0, 0.05) is 0 Å². The average Bonchev–Trinajstić information content (AvgIpc) is 2.17. The molecule has 0 unspecified atom stereocenters. The number of hydrogen-bond acceptors (Lipinski definition) is 0. The summed E-state index contributed by atoms with van der Waals surface area (Å²) in [5.74, 6) is 0. The third kappa shape index (κ3) is 3.06. The average molecular weight is 309 g/mol. The van der Waals surface area contributed by atoms with Crippen LogP contribution in [0.25, 0.3) is 0 Å². The zero-order valence-electron chi connectivity index (χ0n) is 9.00. The standard InChI is InChI=1S/C14H14I/c1-11-5-3-7-13(9-11)15-14-8-4-6-12(2)10-14/h3-10H,1-2H3/q-1. The molecule has 0 aromatic heterocycles. The van der Waals surface area contributed by atoms with Gasteiger partial charge in [0.2, 0.25) is 0 Å². The molecule has 0 atom stereocenters. The molecule has 2 rings (SSSR count). The van der Waals surface area contributed by atoms with Crippen LogP contribution in [0, 0.1) is 21.0 Å². The Morgan fingerprint density at radius 2 is 1.20 bits per heavy atom. The van der Waals surface area contributed by atoms with Crippen LogP contribution in [0.4, 0.5) is 0 Å². The van der Waals surface area contributed by atoms with Gasteiger partial charge in [-0.25, -0.2) is 0 Å². The van der Waals surface area contributed by atoms with Crippen molar-refractivity contribution in [1.82, 2.24) is 0 Å². The third-order valence-electron chi connectivity index (χ3n) is 2.18. The van der Waals surface area contributed by atoms with Gasteiger partial charge in [-0.05, 0) is 0 Å². The summed E-state index contributed by atoms with van der Waals surface area (Å²) in [7, 11) is 0. The first-order valence-corrected chi connectivity index (χ1v) is 7.18. The molecule has 0 aliphatic rings. The number of benzene rings is 2. The van der Waals surface area contributed by atoms with E-state index in [9.17, 15) is 0 Å². The van der Waals surface area contributed by atoms with Crippen LogP contribution in [0.15, 0.2) is 48.5 Å². The molecule has 0 spiro atoms. The van der Waals surface area contributed by atoms with Gasteiger partial charge in [0.05, 0.1) is 0 Å². The topological polar surface area (TPSA) is 0 Å². The Morgan fingerprint density at radius 3 is 1.60 bits per heavy atom. The first kappa shape index (κ1) is 10.7. The van der Waals surface area contributed by atoms with Gasteiger partial charge in [-0.3, -0.25) is 0 Å². The molecule has 0 nitrogen and oxygen atoms in total. The summed E-state index contributed by atoms with van der Waals surface area (Å²) >= 11 is -0.00484. The Labute approximate surface area is 102 Å². The van der Waals surface area contributed by atoms with Crippen LogP contribution in [-0.2, 0) is 0 Å². The zero-order chi connectivity index (χ0) is 10.7. The molecule has 2 aromatic carbocycles. The van der Waals surface area contributed by atoms with Gasteiger partial charge in [0.1, 0.15) is 0 Å². The summed E-state index contributed by atoms with van der Waals surface area (Å²) in [6.45, 7) is 4.31. The van der Waals surface area contributed by atoms with E-state index >= 15 is 0 Å². The number of aryl methyl sites for hydroxylation is 2. The van der Waals surface area contributed by atoms with Crippen LogP contribution in [-0.4, -0.2) is 0 Å². The molecule has 0 radical (unpaired) electrons. The van der Waals surface area contributed by atoms with Gasteiger partial charge in [-0.1, -0.05) is 0 Å². The van der Waals surface area contributed by atoms with Crippen molar-refractivity contribution in [2.45, 2.75) is 13.8 Å². The molecule has 0 saturated carbocycles. The minimum absolute atomic E-state index is 0.00484. The van der Waals surface area contributed by atoms with Gasteiger partial charge in [-0.2, -0.15) is 0 Å². The molecule has 0 aliphatic heterocycles. The summed E-state index contributed by atoms with van der Waals surface area (Å²) in [4.78, 5) is 0. The number of hydrogen-bond donors (Lipinski definition) is 0. The number of halogens is 1. The van der Waals surface area contributed by atoms with E-state index in [0.29, 0.717) is 0 Å². The molecule has 0 aliphatic carbocycles. The molecule has 0 heterocycles. The first-order chi connectivity index (χ1) is 7.24. The van der Waals surface area contributed by atoms with E-state index in [1.54, 1.807) is 0 Å². The monoisotopic (exact) mass is 309 g/mol. The van der Waals surface area contributed by atoms with Crippen LogP contribution in [0.1, 0.15) is 11.1 Å². The fourth-order valence-electron chi connectivity index (χ4n) is 1.45. The van der Waals surface area contributed by atoms with Gasteiger partial charge >= 0.3 is 102 Å². The molecule has 78 valence electrons. The fourth-order valence-corrected chi connectivity index (χ4v) is 4.24. The first-order valence-electron chi connectivity index (χ1n) is 5.02. The second-order valence-corrected chi connectivity index (χ2v) is 6.72. The molecule has 0 N–H and O–H groups in total. The molecule has 0 amide bonds. The summed E-state index contributed by atoms with van der Waals surface area (Å²) in [5.41, 5.74) is 2.72. The Bertz CT molecular complexity index is 417. The van der Waals surface area contributed by atoms with Crippen molar-refractivity contribution < 1.29 is 21.2 Å². The van der Waals surface area contributed by atoms with Crippen LogP contribution in [0.3, 0.4) is 0 Å². The van der Waals surface area contributed by atoms with Crippen molar-refractivity contribution in [3.05, 3.63) is 66.8 Å². The van der Waals surface area contributed by atoms with E-state index in [4.69, 9.17) is 0 Å². The van der Waals surface area contributed by atoms with Crippen molar-refractivity contribution in [2.24, 2.45) is 0 Å². The summed E-state index contributed by atoms with van der Waals surface area (Å²) in [6.07, 6.45) is 0. The Morgan fingerprint density at radius 1 is 0.733 bits per heavy atom. The van der Waals surface area contributed by atoms with E-state index < -0.39 is 0 Å². The van der Waals surface area contributed by atoms with E-state index in [1.807, 2.05) is 0 Å². The van der Waals surface area contributed by atoms with Crippen molar-refractivity contribution in [3.63, 3.8) is 0 Å². The Balaban J connectivity index is 2.22. The van der Waals surface area contributed by atoms with Crippen molar-refractivity contribution in [2.75, 3.05) is 0 Å². The maximum absolute atomic E-state index is 2.30. The minimum atomic E-state index is -0.00484. The van der Waals surface area contributed by atoms with E-state index in [-0.39, 0.29) is 21.2 Å². The van der Waals surface area contributed by atoms with Gasteiger partial charge in [0.25, 0.3) is 0 Å². The zero-order valence-corrected chi connectivity index (χ0v) is 11.2. The van der Waals surface area contributed by atoms with Crippen LogP contribution >= 0.6 is 0 Å². The van der Waals surface area contributed by atoms with Gasteiger partial charge in [0.15, 0.2) is 0 Å². The molecule has 0 fully saturated rings. The fraction of sp³-hybridized carbons (Fsp3) is 0.143. The van der Waals surface area contributed by atoms with E-state index in [2.05, 4.69) is 62.4 Å². The molecule has 2 aromatic rings. The normalized spacial score (nSPS) is 10.5.